The van der Waals surface area contributed by atoms with Crippen molar-refractivity contribution in [2.24, 2.45) is 11.5 Å². The molecule has 0 saturated heterocycles. The predicted molar refractivity (Wildman–Crippen MR) is 91.3 cm³/mol. The molecule has 0 aliphatic heterocycles. The average Bonchev–Trinajstić information content (AvgIpc) is 2.53. The van der Waals surface area contributed by atoms with Crippen LogP contribution in [0.2, 0.25) is 6.04 Å². The minimum atomic E-state index is -2.61. The molecular formula is C16H30N2O3Si. The first kappa shape index (κ1) is 19.3. The second kappa shape index (κ2) is 10.1. The highest BCUT2D eigenvalue weighted by atomic mass is 28.4. The van der Waals surface area contributed by atoms with E-state index < -0.39 is 8.80 Å². The van der Waals surface area contributed by atoms with Gasteiger partial charge in [0.1, 0.15) is 0 Å². The summed E-state index contributed by atoms with van der Waals surface area (Å²) in [6.07, 6.45) is 0.772. The summed E-state index contributed by atoms with van der Waals surface area (Å²) in [5.74, 6) is 0. The highest BCUT2D eigenvalue weighted by molar-refractivity contribution is 6.60. The van der Waals surface area contributed by atoms with Gasteiger partial charge in [-0.15, -0.1) is 0 Å². The molecule has 0 radical (unpaired) electrons. The van der Waals surface area contributed by atoms with Gasteiger partial charge in [-0.1, -0.05) is 24.3 Å². The van der Waals surface area contributed by atoms with Gasteiger partial charge in [-0.05, 0) is 38.3 Å². The molecule has 6 heteroatoms. The number of hydrogen-bond acceptors (Lipinski definition) is 5. The van der Waals surface area contributed by atoms with Crippen LogP contribution < -0.4 is 11.5 Å². The summed E-state index contributed by atoms with van der Waals surface area (Å²) in [5.41, 5.74) is 14.1. The number of benzene rings is 1. The van der Waals surface area contributed by atoms with Crippen LogP contribution in [0, 0.1) is 0 Å². The lowest BCUT2D eigenvalue weighted by Crippen LogP contribution is -2.46. The molecule has 22 heavy (non-hydrogen) atoms. The van der Waals surface area contributed by atoms with Crippen LogP contribution in [0.25, 0.3) is 0 Å². The van der Waals surface area contributed by atoms with Crippen molar-refractivity contribution in [1.82, 2.24) is 0 Å². The van der Waals surface area contributed by atoms with E-state index in [1.165, 1.54) is 0 Å². The Kier molecular flexibility index (Phi) is 8.85. The molecule has 0 saturated carbocycles. The van der Waals surface area contributed by atoms with Gasteiger partial charge in [-0.25, -0.2) is 0 Å². The third-order valence-corrected chi connectivity index (χ3v) is 6.58. The van der Waals surface area contributed by atoms with Crippen molar-refractivity contribution >= 4 is 8.80 Å². The van der Waals surface area contributed by atoms with Crippen molar-refractivity contribution in [2.75, 3.05) is 19.8 Å². The van der Waals surface area contributed by atoms with E-state index in [1.54, 1.807) is 0 Å². The highest BCUT2D eigenvalue weighted by Gasteiger charge is 2.40. The van der Waals surface area contributed by atoms with Crippen LogP contribution >= 0.6 is 0 Å². The maximum Gasteiger partial charge on any atom is 0.500 e. The zero-order valence-electron chi connectivity index (χ0n) is 14.0. The molecule has 0 spiro atoms. The lowest BCUT2D eigenvalue weighted by molar-refractivity contribution is 0.0703. The van der Waals surface area contributed by atoms with Gasteiger partial charge in [0.25, 0.3) is 0 Å². The summed E-state index contributed by atoms with van der Waals surface area (Å²) in [7, 11) is -2.61. The maximum atomic E-state index is 6.31. The number of rotatable bonds is 11. The van der Waals surface area contributed by atoms with Crippen LogP contribution in [0.3, 0.4) is 0 Å². The fourth-order valence-electron chi connectivity index (χ4n) is 2.40. The second-order valence-electron chi connectivity index (χ2n) is 5.07. The number of nitrogens with two attached hydrogens (primary N) is 2. The Morgan fingerprint density at radius 2 is 1.45 bits per heavy atom. The zero-order valence-corrected chi connectivity index (χ0v) is 15.0. The van der Waals surface area contributed by atoms with Gasteiger partial charge in [0.2, 0.25) is 0 Å². The average molecular weight is 327 g/mol. The van der Waals surface area contributed by atoms with Crippen molar-refractivity contribution in [2.45, 2.75) is 45.8 Å². The molecule has 1 unspecified atom stereocenters. The van der Waals surface area contributed by atoms with Crippen molar-refractivity contribution in [1.29, 1.82) is 0 Å². The Hall–Kier alpha value is -0.763. The minimum Gasteiger partial charge on any atom is -0.374 e. The summed E-state index contributed by atoms with van der Waals surface area (Å²) in [6.45, 7) is 8.21. The Bertz CT molecular complexity index is 397. The van der Waals surface area contributed by atoms with Crippen LogP contribution in [0.4, 0.5) is 0 Å². The Labute approximate surface area is 135 Å². The molecule has 126 valence electrons. The Morgan fingerprint density at radius 1 is 0.955 bits per heavy atom. The van der Waals surface area contributed by atoms with E-state index in [2.05, 4.69) is 0 Å². The van der Waals surface area contributed by atoms with Crippen LogP contribution in [-0.4, -0.2) is 28.6 Å². The molecule has 0 aliphatic rings. The quantitative estimate of drug-likeness (QED) is 0.611. The van der Waals surface area contributed by atoms with E-state index >= 15 is 0 Å². The molecule has 5 nitrogen and oxygen atoms in total. The largest absolute Gasteiger partial charge is 0.500 e. The zero-order chi connectivity index (χ0) is 16.4. The standard InChI is InChI=1S/C16H30N2O3Si/c1-4-19-22(20-5-2,21-6-3)12-11-16(18)15-9-7-14(13-17)8-10-15/h7-10,16H,4-6,11-13,17-18H2,1-3H3. The Balaban J connectivity index is 2.68. The molecule has 1 aromatic carbocycles. The van der Waals surface area contributed by atoms with Crippen LogP contribution in [-0.2, 0) is 19.8 Å². The molecule has 0 heterocycles. The van der Waals surface area contributed by atoms with Gasteiger partial charge in [0, 0.05) is 38.5 Å². The molecule has 0 aliphatic carbocycles. The summed E-state index contributed by atoms with van der Waals surface area (Å²) in [4.78, 5) is 0. The van der Waals surface area contributed by atoms with Crippen LogP contribution in [0.15, 0.2) is 24.3 Å². The van der Waals surface area contributed by atoms with Crippen LogP contribution in [0.5, 0.6) is 0 Å². The first-order chi connectivity index (χ1) is 10.6. The van der Waals surface area contributed by atoms with Gasteiger partial charge in [0.05, 0.1) is 0 Å². The lowest BCUT2D eigenvalue weighted by Gasteiger charge is -2.29. The van der Waals surface area contributed by atoms with Gasteiger partial charge in [0.15, 0.2) is 0 Å². The molecule has 1 aromatic rings. The molecule has 4 N–H and O–H groups in total. The topological polar surface area (TPSA) is 79.7 Å². The minimum absolute atomic E-state index is 0.0555. The third kappa shape index (κ3) is 5.79. The number of hydrogen-bond donors (Lipinski definition) is 2. The smallest absolute Gasteiger partial charge is 0.374 e. The van der Waals surface area contributed by atoms with E-state index in [9.17, 15) is 0 Å². The van der Waals surface area contributed by atoms with Gasteiger partial charge >= 0.3 is 8.80 Å². The molecular weight excluding hydrogens is 296 g/mol. The SMILES string of the molecule is CCO[Si](CCC(N)c1ccc(CN)cc1)(OCC)OCC. The van der Waals surface area contributed by atoms with Gasteiger partial charge in [-0.2, -0.15) is 0 Å². The van der Waals surface area contributed by atoms with E-state index in [0.29, 0.717) is 26.4 Å². The fraction of sp³-hybridized carbons (Fsp3) is 0.625. The summed E-state index contributed by atoms with van der Waals surface area (Å²) in [5, 5.41) is 0. The van der Waals surface area contributed by atoms with E-state index in [0.717, 1.165) is 23.6 Å². The third-order valence-electron chi connectivity index (χ3n) is 3.50. The van der Waals surface area contributed by atoms with Crippen molar-refractivity contribution < 1.29 is 13.3 Å². The monoisotopic (exact) mass is 326 g/mol. The first-order valence-electron chi connectivity index (χ1n) is 8.07. The molecule has 0 amide bonds. The molecule has 1 rings (SSSR count). The molecule has 1 atom stereocenters. The molecule has 0 fully saturated rings. The Morgan fingerprint density at radius 3 is 1.86 bits per heavy atom. The van der Waals surface area contributed by atoms with Crippen molar-refractivity contribution in [3.63, 3.8) is 0 Å². The molecule has 0 bridgehead atoms. The predicted octanol–water partition coefficient (Wildman–Crippen LogP) is 2.58. The normalized spacial score (nSPS) is 13.3. The van der Waals surface area contributed by atoms with Gasteiger partial charge in [-0.3, -0.25) is 0 Å². The van der Waals surface area contributed by atoms with Crippen molar-refractivity contribution in [3.8, 4) is 0 Å². The summed E-state index contributed by atoms with van der Waals surface area (Å²) in [6, 6.07) is 8.79. The summed E-state index contributed by atoms with van der Waals surface area (Å²) >= 11 is 0. The molecule has 0 aromatic heterocycles. The van der Waals surface area contributed by atoms with Gasteiger partial charge < -0.3 is 24.7 Å². The van der Waals surface area contributed by atoms with E-state index in [4.69, 9.17) is 24.7 Å². The highest BCUT2D eigenvalue weighted by Crippen LogP contribution is 2.24. The first-order valence-corrected chi connectivity index (χ1v) is 10.00. The van der Waals surface area contributed by atoms with E-state index in [-0.39, 0.29) is 6.04 Å². The maximum absolute atomic E-state index is 6.31. The fourth-order valence-corrected chi connectivity index (χ4v) is 5.07. The van der Waals surface area contributed by atoms with E-state index in [1.807, 2.05) is 45.0 Å². The van der Waals surface area contributed by atoms with Crippen molar-refractivity contribution in [3.05, 3.63) is 35.4 Å². The summed E-state index contributed by atoms with van der Waals surface area (Å²) < 4.78 is 17.6. The second-order valence-corrected chi connectivity index (χ2v) is 7.80. The lowest BCUT2D eigenvalue weighted by atomic mass is 10.0. The van der Waals surface area contributed by atoms with Crippen LogP contribution in [0.1, 0.15) is 44.4 Å².